The Balaban J connectivity index is 2.48. The van der Waals surface area contributed by atoms with Gasteiger partial charge in [0.1, 0.15) is 0 Å². The first-order chi connectivity index (χ1) is 7.34. The van der Waals surface area contributed by atoms with Crippen LogP contribution in [-0.2, 0) is 0 Å². The van der Waals surface area contributed by atoms with Gasteiger partial charge in [0.15, 0.2) is 0 Å². The third-order valence-electron chi connectivity index (χ3n) is 3.22. The van der Waals surface area contributed by atoms with E-state index in [4.69, 9.17) is 0 Å². The van der Waals surface area contributed by atoms with Crippen LogP contribution < -0.4 is 0 Å². The van der Waals surface area contributed by atoms with Crippen LogP contribution in [0.15, 0.2) is 12.1 Å². The van der Waals surface area contributed by atoms with E-state index in [-0.39, 0.29) is 6.54 Å². The van der Waals surface area contributed by atoms with E-state index in [1.807, 2.05) is 11.9 Å². The van der Waals surface area contributed by atoms with Crippen molar-refractivity contribution in [1.82, 2.24) is 9.80 Å². The SMILES string of the molecule is C=C(CN1CCN(C)C(CC)C1)[B-](F)(F)F. The number of rotatable bonds is 4. The summed E-state index contributed by atoms with van der Waals surface area (Å²) in [7, 11) is 2.02. The molecule has 94 valence electrons. The van der Waals surface area contributed by atoms with Gasteiger partial charge in [-0.15, -0.1) is 12.1 Å². The van der Waals surface area contributed by atoms with Gasteiger partial charge in [-0.1, -0.05) is 6.92 Å². The van der Waals surface area contributed by atoms with E-state index in [0.29, 0.717) is 19.1 Å². The second kappa shape index (κ2) is 5.23. The van der Waals surface area contributed by atoms with Crippen LogP contribution >= 0.6 is 0 Å². The van der Waals surface area contributed by atoms with Crippen LogP contribution in [-0.4, -0.2) is 56.0 Å². The van der Waals surface area contributed by atoms with Crippen molar-refractivity contribution in [3.8, 4) is 0 Å². The monoisotopic (exact) mass is 235 g/mol. The van der Waals surface area contributed by atoms with Gasteiger partial charge in [-0.3, -0.25) is 4.90 Å². The van der Waals surface area contributed by atoms with Crippen LogP contribution in [0.3, 0.4) is 0 Å². The lowest BCUT2D eigenvalue weighted by atomic mass is 9.80. The number of likely N-dealkylation sites (N-methyl/N-ethyl adjacent to an activating group) is 1. The van der Waals surface area contributed by atoms with Gasteiger partial charge in [0.25, 0.3) is 0 Å². The fourth-order valence-electron chi connectivity index (χ4n) is 1.99. The van der Waals surface area contributed by atoms with Gasteiger partial charge in [0.2, 0.25) is 0 Å². The maximum atomic E-state index is 12.4. The van der Waals surface area contributed by atoms with Gasteiger partial charge in [0, 0.05) is 25.7 Å². The molecule has 2 nitrogen and oxygen atoms in total. The highest BCUT2D eigenvalue weighted by Gasteiger charge is 2.30. The Morgan fingerprint density at radius 3 is 2.50 bits per heavy atom. The van der Waals surface area contributed by atoms with Crippen LogP contribution in [0.2, 0.25) is 0 Å². The summed E-state index contributed by atoms with van der Waals surface area (Å²) in [5, 5.41) is 0. The lowest BCUT2D eigenvalue weighted by molar-refractivity contribution is 0.100. The van der Waals surface area contributed by atoms with Crippen molar-refractivity contribution in [2.75, 3.05) is 33.2 Å². The lowest BCUT2D eigenvalue weighted by Crippen LogP contribution is -2.52. The normalized spacial score (nSPS) is 24.7. The van der Waals surface area contributed by atoms with Crippen LogP contribution in [0, 0.1) is 0 Å². The molecule has 0 amide bonds. The average molecular weight is 235 g/mol. The molecule has 6 heteroatoms. The molecule has 1 atom stereocenters. The zero-order chi connectivity index (χ0) is 12.3. The molecule has 0 aromatic carbocycles. The number of hydrogen-bond acceptors (Lipinski definition) is 2. The first-order valence-corrected chi connectivity index (χ1v) is 5.64. The number of halogens is 3. The third-order valence-corrected chi connectivity index (χ3v) is 3.22. The summed E-state index contributed by atoms with van der Waals surface area (Å²) < 4.78 is 37.2. The first-order valence-electron chi connectivity index (χ1n) is 5.64. The Morgan fingerprint density at radius 1 is 1.38 bits per heavy atom. The van der Waals surface area contributed by atoms with Crippen molar-refractivity contribution in [3.05, 3.63) is 12.1 Å². The second-order valence-corrected chi connectivity index (χ2v) is 4.51. The summed E-state index contributed by atoms with van der Waals surface area (Å²) in [6.45, 7) is 2.51. The molecule has 0 bridgehead atoms. The number of nitrogens with zero attached hydrogens (tertiary/aromatic N) is 2. The smallest absolute Gasteiger partial charge is 0.445 e. The molecule has 1 aliphatic heterocycles. The molecule has 1 aliphatic rings. The van der Waals surface area contributed by atoms with E-state index in [0.717, 1.165) is 13.0 Å². The van der Waals surface area contributed by atoms with Crippen molar-refractivity contribution < 1.29 is 12.9 Å². The number of piperazine rings is 1. The summed E-state index contributed by atoms with van der Waals surface area (Å²) in [6.07, 6.45) is 0.969. The van der Waals surface area contributed by atoms with Gasteiger partial charge in [-0.05, 0) is 20.0 Å². The van der Waals surface area contributed by atoms with Gasteiger partial charge in [-0.2, -0.15) is 0 Å². The first kappa shape index (κ1) is 13.6. The predicted octanol–water partition coefficient (Wildman–Crippen LogP) is 1.96. The Hall–Kier alpha value is -0.485. The zero-order valence-electron chi connectivity index (χ0n) is 9.93. The standard InChI is InChI=1S/C10H19BF3N2/c1-4-10-8-16(6-5-15(10)3)7-9(2)11(12,13)14/h10H,2,4-8H2,1,3H3/q-1. The van der Waals surface area contributed by atoms with E-state index in [9.17, 15) is 12.9 Å². The third kappa shape index (κ3) is 3.52. The molecule has 0 aromatic heterocycles. The van der Waals surface area contributed by atoms with Gasteiger partial charge >= 0.3 is 6.98 Å². The van der Waals surface area contributed by atoms with Crippen LogP contribution in [0.4, 0.5) is 12.9 Å². The Bertz CT molecular complexity index is 255. The molecule has 0 N–H and O–H groups in total. The highest BCUT2D eigenvalue weighted by Crippen LogP contribution is 2.20. The van der Waals surface area contributed by atoms with E-state index >= 15 is 0 Å². The van der Waals surface area contributed by atoms with Crippen LogP contribution in [0.25, 0.3) is 0 Å². The Morgan fingerprint density at radius 2 is 2.00 bits per heavy atom. The van der Waals surface area contributed by atoms with Crippen LogP contribution in [0.1, 0.15) is 13.3 Å². The molecule has 0 saturated carbocycles. The van der Waals surface area contributed by atoms with E-state index < -0.39 is 12.4 Å². The molecule has 1 heterocycles. The van der Waals surface area contributed by atoms with Gasteiger partial charge < -0.3 is 17.8 Å². The lowest BCUT2D eigenvalue weighted by Gasteiger charge is -2.40. The molecule has 0 aliphatic carbocycles. The molecule has 1 unspecified atom stereocenters. The molecule has 1 rings (SSSR count). The van der Waals surface area contributed by atoms with Crippen molar-refractivity contribution in [2.24, 2.45) is 0 Å². The van der Waals surface area contributed by atoms with Crippen molar-refractivity contribution >= 4 is 6.98 Å². The predicted molar refractivity (Wildman–Crippen MR) is 61.4 cm³/mol. The second-order valence-electron chi connectivity index (χ2n) is 4.51. The largest absolute Gasteiger partial charge is 0.506 e. The van der Waals surface area contributed by atoms with E-state index in [1.165, 1.54) is 0 Å². The summed E-state index contributed by atoms with van der Waals surface area (Å²) in [6, 6.07) is 0.363. The summed E-state index contributed by atoms with van der Waals surface area (Å²) >= 11 is 0. The zero-order valence-corrected chi connectivity index (χ0v) is 9.93. The molecule has 1 saturated heterocycles. The fraction of sp³-hybridized carbons (Fsp3) is 0.800. The number of hydrogen-bond donors (Lipinski definition) is 0. The molecule has 0 aromatic rings. The molecule has 16 heavy (non-hydrogen) atoms. The van der Waals surface area contributed by atoms with Crippen molar-refractivity contribution in [3.63, 3.8) is 0 Å². The molecular weight excluding hydrogens is 216 g/mol. The molecule has 0 radical (unpaired) electrons. The highest BCUT2D eigenvalue weighted by atomic mass is 19.4. The van der Waals surface area contributed by atoms with Crippen molar-refractivity contribution in [1.29, 1.82) is 0 Å². The maximum absolute atomic E-state index is 12.4. The fourth-order valence-corrected chi connectivity index (χ4v) is 1.99. The minimum absolute atomic E-state index is 0.0339. The van der Waals surface area contributed by atoms with E-state index in [1.54, 1.807) is 0 Å². The molecule has 1 fully saturated rings. The van der Waals surface area contributed by atoms with E-state index in [2.05, 4.69) is 18.4 Å². The Kier molecular flexibility index (Phi) is 4.44. The average Bonchev–Trinajstić information content (AvgIpc) is 2.19. The minimum atomic E-state index is -4.88. The highest BCUT2D eigenvalue weighted by molar-refractivity contribution is 6.66. The maximum Gasteiger partial charge on any atom is 0.506 e. The minimum Gasteiger partial charge on any atom is -0.445 e. The van der Waals surface area contributed by atoms with Crippen molar-refractivity contribution in [2.45, 2.75) is 19.4 Å². The quantitative estimate of drug-likeness (QED) is 0.687. The summed E-state index contributed by atoms with van der Waals surface area (Å²) in [5.41, 5.74) is -0.584. The Labute approximate surface area is 95.2 Å². The van der Waals surface area contributed by atoms with Crippen LogP contribution in [0.5, 0.6) is 0 Å². The molecular formula is C10H19BF3N2-. The van der Waals surface area contributed by atoms with Gasteiger partial charge in [0.05, 0.1) is 0 Å². The molecule has 0 spiro atoms. The summed E-state index contributed by atoms with van der Waals surface area (Å²) in [4.78, 5) is 4.06. The topological polar surface area (TPSA) is 6.48 Å². The van der Waals surface area contributed by atoms with Gasteiger partial charge in [-0.25, -0.2) is 0 Å². The summed E-state index contributed by atoms with van der Waals surface area (Å²) in [5.74, 6) is 0.